The number of rotatable bonds is 13. The van der Waals surface area contributed by atoms with Gasteiger partial charge in [-0.2, -0.15) is 0 Å². The molecular weight excluding hydrogens is 480 g/mol. The molecule has 0 saturated heterocycles. The second kappa shape index (κ2) is 13.3. The molecule has 1 heterocycles. The van der Waals surface area contributed by atoms with Gasteiger partial charge < -0.3 is 15.2 Å². The lowest BCUT2D eigenvalue weighted by molar-refractivity contribution is 0.0935. The third-order valence-electron chi connectivity index (χ3n) is 6.93. The Morgan fingerprint density at radius 1 is 0.921 bits per heavy atom. The van der Waals surface area contributed by atoms with Gasteiger partial charge in [-0.05, 0) is 84.6 Å². The fraction of sp³-hybridized carbons (Fsp3) is 0.344. The van der Waals surface area contributed by atoms with Crippen LogP contribution < -0.4 is 10.6 Å². The molecule has 0 aliphatic rings. The van der Waals surface area contributed by atoms with Crippen LogP contribution in [0.4, 0.5) is 8.78 Å². The van der Waals surface area contributed by atoms with Crippen molar-refractivity contribution in [3.8, 4) is 0 Å². The smallest absolute Gasteiger partial charge is 0.251 e. The molecule has 0 saturated carbocycles. The molecule has 0 spiro atoms. The number of fused-ring (bicyclic) bond motifs is 1. The van der Waals surface area contributed by atoms with Crippen LogP contribution in [0, 0.1) is 11.6 Å². The third kappa shape index (κ3) is 7.51. The first-order chi connectivity index (χ1) is 18.4. The highest BCUT2D eigenvalue weighted by atomic mass is 19.1. The van der Waals surface area contributed by atoms with Crippen LogP contribution in [0.25, 0.3) is 10.9 Å². The summed E-state index contributed by atoms with van der Waals surface area (Å²) in [5, 5.41) is 7.67. The van der Waals surface area contributed by atoms with Gasteiger partial charge >= 0.3 is 0 Å². The number of unbranched alkanes of at least 4 members (excludes halogenated alkanes) is 1. The number of halogens is 2. The normalized spacial score (nSPS) is 12.1. The van der Waals surface area contributed by atoms with E-state index in [-0.39, 0.29) is 11.9 Å². The van der Waals surface area contributed by atoms with Gasteiger partial charge in [0.1, 0.15) is 11.6 Å². The Bertz CT molecular complexity index is 1340. The zero-order valence-corrected chi connectivity index (χ0v) is 22.3. The van der Waals surface area contributed by atoms with Crippen molar-refractivity contribution >= 4 is 16.8 Å². The SMILES string of the molecule is CCCCn1ccc2ccc(C(=O)N[C@H](CCNCc3cccc(CC)c3)Cc3cc(F)cc(F)c3)cc21. The highest BCUT2D eigenvalue weighted by Crippen LogP contribution is 2.19. The van der Waals surface area contributed by atoms with Crippen LogP contribution >= 0.6 is 0 Å². The first-order valence-corrected chi connectivity index (χ1v) is 13.6. The zero-order valence-electron chi connectivity index (χ0n) is 22.3. The summed E-state index contributed by atoms with van der Waals surface area (Å²) >= 11 is 0. The molecule has 1 atom stereocenters. The Labute approximate surface area is 224 Å². The molecule has 4 nitrogen and oxygen atoms in total. The lowest BCUT2D eigenvalue weighted by atomic mass is 10.0. The molecule has 0 aliphatic carbocycles. The zero-order chi connectivity index (χ0) is 26.9. The third-order valence-corrected chi connectivity index (χ3v) is 6.93. The van der Waals surface area contributed by atoms with Gasteiger partial charge in [0.25, 0.3) is 5.91 Å². The van der Waals surface area contributed by atoms with Crippen molar-refractivity contribution in [1.29, 1.82) is 0 Å². The second-order valence-electron chi connectivity index (χ2n) is 9.93. The number of aromatic nitrogens is 1. The topological polar surface area (TPSA) is 46.1 Å². The summed E-state index contributed by atoms with van der Waals surface area (Å²) in [6, 6.07) is 19.5. The average Bonchev–Trinajstić information content (AvgIpc) is 3.31. The second-order valence-corrected chi connectivity index (χ2v) is 9.93. The van der Waals surface area contributed by atoms with E-state index in [9.17, 15) is 13.6 Å². The molecule has 0 radical (unpaired) electrons. The highest BCUT2D eigenvalue weighted by molar-refractivity contribution is 5.98. The molecule has 6 heteroatoms. The lowest BCUT2D eigenvalue weighted by Crippen LogP contribution is -2.38. The molecule has 2 N–H and O–H groups in total. The van der Waals surface area contributed by atoms with Crippen LogP contribution in [-0.2, 0) is 25.9 Å². The molecule has 0 aliphatic heterocycles. The molecule has 1 aromatic heterocycles. The van der Waals surface area contributed by atoms with Crippen molar-refractivity contribution in [1.82, 2.24) is 15.2 Å². The molecule has 0 bridgehead atoms. The maximum atomic E-state index is 13.9. The van der Waals surface area contributed by atoms with Crippen LogP contribution in [0.2, 0.25) is 0 Å². The van der Waals surface area contributed by atoms with Gasteiger partial charge in [0.15, 0.2) is 0 Å². The quantitative estimate of drug-likeness (QED) is 0.192. The Morgan fingerprint density at radius 2 is 1.71 bits per heavy atom. The van der Waals surface area contributed by atoms with Gasteiger partial charge in [-0.1, -0.05) is 50.6 Å². The number of aryl methyl sites for hydroxylation is 2. The maximum Gasteiger partial charge on any atom is 0.251 e. The fourth-order valence-electron chi connectivity index (χ4n) is 4.82. The Balaban J connectivity index is 1.45. The number of amides is 1. The lowest BCUT2D eigenvalue weighted by Gasteiger charge is -2.20. The Hall–Kier alpha value is -3.51. The summed E-state index contributed by atoms with van der Waals surface area (Å²) in [6.07, 6.45) is 6.17. The first kappa shape index (κ1) is 27.5. The van der Waals surface area contributed by atoms with E-state index in [4.69, 9.17) is 0 Å². The van der Waals surface area contributed by atoms with Crippen LogP contribution in [-0.4, -0.2) is 23.1 Å². The number of benzene rings is 3. The highest BCUT2D eigenvalue weighted by Gasteiger charge is 2.17. The summed E-state index contributed by atoms with van der Waals surface area (Å²) in [6.45, 7) is 6.57. The van der Waals surface area contributed by atoms with Crippen LogP contribution in [0.5, 0.6) is 0 Å². The van der Waals surface area contributed by atoms with E-state index in [1.165, 1.54) is 23.3 Å². The summed E-state index contributed by atoms with van der Waals surface area (Å²) in [5.41, 5.74) is 4.63. The summed E-state index contributed by atoms with van der Waals surface area (Å²) in [7, 11) is 0. The Morgan fingerprint density at radius 3 is 2.47 bits per heavy atom. The Kier molecular flexibility index (Phi) is 9.66. The molecule has 4 rings (SSSR count). The standard InChI is InChI=1S/C32H37F2N3O/c1-3-5-14-37-15-12-26-9-10-27(20-31(26)37)32(38)36-30(19-25-17-28(33)21-29(34)18-25)11-13-35-22-24-8-6-7-23(4-2)16-24/h6-10,12,15-18,20-21,30,35H,3-5,11,13-14,19,22H2,1-2H3,(H,36,38)/t30-/m1/s1. The van der Waals surface area contributed by atoms with Gasteiger partial charge in [0, 0.05) is 42.5 Å². The van der Waals surface area contributed by atoms with E-state index in [1.807, 2.05) is 18.2 Å². The van der Waals surface area contributed by atoms with Gasteiger partial charge in [-0.25, -0.2) is 8.78 Å². The van der Waals surface area contributed by atoms with E-state index in [0.717, 1.165) is 42.8 Å². The number of carbonyl (C=O) groups is 1. The van der Waals surface area contributed by atoms with E-state index >= 15 is 0 Å². The van der Waals surface area contributed by atoms with Crippen molar-refractivity contribution in [2.24, 2.45) is 0 Å². The minimum atomic E-state index is -0.614. The molecule has 1 amide bonds. The maximum absolute atomic E-state index is 13.9. The predicted octanol–water partition coefficient (Wildman–Crippen LogP) is 6.80. The monoisotopic (exact) mass is 517 g/mol. The number of hydrogen-bond donors (Lipinski definition) is 2. The van der Waals surface area contributed by atoms with Crippen molar-refractivity contribution in [3.63, 3.8) is 0 Å². The van der Waals surface area contributed by atoms with E-state index in [1.54, 1.807) is 0 Å². The molecule has 0 unspecified atom stereocenters. The molecule has 4 aromatic rings. The van der Waals surface area contributed by atoms with Crippen molar-refractivity contribution < 1.29 is 13.6 Å². The van der Waals surface area contributed by atoms with E-state index in [2.05, 4.69) is 65.6 Å². The summed E-state index contributed by atoms with van der Waals surface area (Å²) < 4.78 is 29.9. The van der Waals surface area contributed by atoms with Crippen molar-refractivity contribution in [2.45, 2.75) is 65.1 Å². The van der Waals surface area contributed by atoms with Crippen molar-refractivity contribution in [3.05, 3.63) is 107 Å². The average molecular weight is 518 g/mol. The number of nitrogens with zero attached hydrogens (tertiary/aromatic N) is 1. The predicted molar refractivity (Wildman–Crippen MR) is 150 cm³/mol. The molecule has 38 heavy (non-hydrogen) atoms. The van der Waals surface area contributed by atoms with Gasteiger partial charge in [0.05, 0.1) is 0 Å². The number of carbonyl (C=O) groups excluding carboxylic acids is 1. The molecule has 3 aromatic carbocycles. The summed E-state index contributed by atoms with van der Waals surface area (Å²) in [4.78, 5) is 13.3. The number of hydrogen-bond acceptors (Lipinski definition) is 2. The van der Waals surface area contributed by atoms with E-state index < -0.39 is 11.6 Å². The van der Waals surface area contributed by atoms with E-state index in [0.29, 0.717) is 37.1 Å². The van der Waals surface area contributed by atoms with Gasteiger partial charge in [-0.15, -0.1) is 0 Å². The van der Waals surface area contributed by atoms with Gasteiger partial charge in [-0.3, -0.25) is 4.79 Å². The largest absolute Gasteiger partial charge is 0.349 e. The van der Waals surface area contributed by atoms with Crippen LogP contribution in [0.3, 0.4) is 0 Å². The van der Waals surface area contributed by atoms with Gasteiger partial charge in [0.2, 0.25) is 0 Å². The molecule has 200 valence electrons. The molecular formula is C32H37F2N3O. The first-order valence-electron chi connectivity index (χ1n) is 13.6. The fourth-order valence-corrected chi connectivity index (χ4v) is 4.82. The van der Waals surface area contributed by atoms with Crippen LogP contribution in [0.1, 0.15) is 60.2 Å². The van der Waals surface area contributed by atoms with Crippen LogP contribution in [0.15, 0.2) is 72.9 Å². The number of nitrogens with one attached hydrogen (secondary N) is 2. The minimum Gasteiger partial charge on any atom is -0.349 e. The molecule has 0 fully saturated rings. The minimum absolute atomic E-state index is 0.187. The van der Waals surface area contributed by atoms with Crippen molar-refractivity contribution in [2.75, 3.05) is 6.54 Å². The summed E-state index contributed by atoms with van der Waals surface area (Å²) in [5.74, 6) is -1.41.